The van der Waals surface area contributed by atoms with Crippen molar-refractivity contribution < 1.29 is 0 Å². The lowest BCUT2D eigenvalue weighted by Crippen LogP contribution is -1.89. The molecule has 0 unspecified atom stereocenters. The standard InChI is InChI=1S/C6H6Cl2N2S/c1-11-3-4-2-9-6(8)10-5(4)7/h2H,3H2,1H3. The van der Waals surface area contributed by atoms with Crippen molar-refractivity contribution in [3.05, 3.63) is 22.2 Å². The van der Waals surface area contributed by atoms with Crippen molar-refractivity contribution in [2.75, 3.05) is 6.26 Å². The van der Waals surface area contributed by atoms with Crippen molar-refractivity contribution in [2.24, 2.45) is 0 Å². The Labute approximate surface area is 79.3 Å². The van der Waals surface area contributed by atoms with Gasteiger partial charge in [0.15, 0.2) is 0 Å². The van der Waals surface area contributed by atoms with E-state index in [1.54, 1.807) is 18.0 Å². The van der Waals surface area contributed by atoms with Crippen molar-refractivity contribution in [2.45, 2.75) is 5.75 Å². The quantitative estimate of drug-likeness (QED) is 0.553. The van der Waals surface area contributed by atoms with E-state index in [-0.39, 0.29) is 5.28 Å². The van der Waals surface area contributed by atoms with E-state index < -0.39 is 0 Å². The third-order valence-corrected chi connectivity index (χ3v) is 2.19. The van der Waals surface area contributed by atoms with Crippen LogP contribution in [0.25, 0.3) is 0 Å². The zero-order valence-corrected chi connectivity index (χ0v) is 8.17. The van der Waals surface area contributed by atoms with E-state index >= 15 is 0 Å². The summed E-state index contributed by atoms with van der Waals surface area (Å²) in [5.74, 6) is 0.815. The molecule has 11 heavy (non-hydrogen) atoms. The number of hydrogen-bond acceptors (Lipinski definition) is 3. The first-order valence-corrected chi connectivity index (χ1v) is 5.05. The topological polar surface area (TPSA) is 25.8 Å². The lowest BCUT2D eigenvalue weighted by Gasteiger charge is -1.99. The number of hydrogen-bond donors (Lipinski definition) is 0. The Kier molecular flexibility index (Phi) is 3.43. The highest BCUT2D eigenvalue weighted by Gasteiger charge is 2.01. The number of halogens is 2. The summed E-state index contributed by atoms with van der Waals surface area (Å²) in [6, 6.07) is 0. The largest absolute Gasteiger partial charge is 0.226 e. The number of rotatable bonds is 2. The SMILES string of the molecule is CSCc1cnc(Cl)nc1Cl. The van der Waals surface area contributed by atoms with Crippen molar-refractivity contribution in [1.82, 2.24) is 9.97 Å². The van der Waals surface area contributed by atoms with Gasteiger partial charge in [0.2, 0.25) is 5.28 Å². The van der Waals surface area contributed by atoms with Gasteiger partial charge in [-0.3, -0.25) is 0 Å². The summed E-state index contributed by atoms with van der Waals surface area (Å²) in [6.07, 6.45) is 3.64. The van der Waals surface area contributed by atoms with Crippen LogP contribution in [0, 0.1) is 0 Å². The summed E-state index contributed by atoms with van der Waals surface area (Å²) in [5, 5.41) is 0.638. The van der Waals surface area contributed by atoms with Crippen molar-refractivity contribution >= 4 is 35.0 Å². The van der Waals surface area contributed by atoms with Crippen LogP contribution in [0.1, 0.15) is 5.56 Å². The Morgan fingerprint density at radius 3 is 2.82 bits per heavy atom. The molecule has 0 atom stereocenters. The zero-order chi connectivity index (χ0) is 8.27. The van der Waals surface area contributed by atoms with Crippen LogP contribution in [0.15, 0.2) is 6.20 Å². The molecule has 0 aliphatic carbocycles. The van der Waals surface area contributed by atoms with E-state index in [2.05, 4.69) is 9.97 Å². The molecule has 1 rings (SSSR count). The van der Waals surface area contributed by atoms with Crippen LogP contribution in [0.2, 0.25) is 10.4 Å². The Hall–Kier alpha value is 0.01000. The second-order valence-electron chi connectivity index (χ2n) is 1.89. The van der Waals surface area contributed by atoms with Crippen LogP contribution in [-0.4, -0.2) is 16.2 Å². The molecule has 0 N–H and O–H groups in total. The van der Waals surface area contributed by atoms with E-state index in [9.17, 15) is 0 Å². The molecule has 1 aromatic heterocycles. The molecular formula is C6H6Cl2N2S. The van der Waals surface area contributed by atoms with Gasteiger partial charge in [0.05, 0.1) is 0 Å². The van der Waals surface area contributed by atoms with Gasteiger partial charge in [-0.15, -0.1) is 0 Å². The summed E-state index contributed by atoms with van der Waals surface area (Å²) >= 11 is 12.9. The van der Waals surface area contributed by atoms with Gasteiger partial charge in [-0.2, -0.15) is 11.8 Å². The summed E-state index contributed by atoms with van der Waals surface area (Å²) in [5.41, 5.74) is 0.920. The summed E-state index contributed by atoms with van der Waals surface area (Å²) in [6.45, 7) is 0. The van der Waals surface area contributed by atoms with Gasteiger partial charge in [0, 0.05) is 17.5 Å². The lowest BCUT2D eigenvalue weighted by atomic mass is 10.4. The maximum atomic E-state index is 5.76. The van der Waals surface area contributed by atoms with E-state index in [1.165, 1.54) is 0 Å². The van der Waals surface area contributed by atoms with E-state index in [4.69, 9.17) is 23.2 Å². The molecule has 0 spiro atoms. The molecule has 0 aromatic carbocycles. The Morgan fingerprint density at radius 2 is 2.27 bits per heavy atom. The minimum absolute atomic E-state index is 0.194. The molecule has 5 heteroatoms. The Bertz CT molecular complexity index is 254. The molecule has 60 valence electrons. The molecule has 0 fully saturated rings. The molecule has 0 aliphatic heterocycles. The molecule has 0 bridgehead atoms. The van der Waals surface area contributed by atoms with Crippen LogP contribution in [0.5, 0.6) is 0 Å². The molecule has 0 aliphatic rings. The second-order valence-corrected chi connectivity index (χ2v) is 3.45. The van der Waals surface area contributed by atoms with Gasteiger partial charge in [-0.25, -0.2) is 9.97 Å². The van der Waals surface area contributed by atoms with Crippen molar-refractivity contribution in [1.29, 1.82) is 0 Å². The van der Waals surface area contributed by atoms with E-state index in [0.717, 1.165) is 11.3 Å². The Morgan fingerprint density at radius 1 is 1.55 bits per heavy atom. The maximum Gasteiger partial charge on any atom is 0.223 e. The van der Waals surface area contributed by atoms with Gasteiger partial charge in [-0.05, 0) is 17.9 Å². The molecule has 1 heterocycles. The van der Waals surface area contributed by atoms with E-state index in [0.29, 0.717) is 5.15 Å². The lowest BCUT2D eigenvalue weighted by molar-refractivity contribution is 1.12. The molecule has 0 saturated carbocycles. The highest BCUT2D eigenvalue weighted by atomic mass is 35.5. The highest BCUT2D eigenvalue weighted by Crippen LogP contribution is 2.17. The first-order chi connectivity index (χ1) is 5.24. The highest BCUT2D eigenvalue weighted by molar-refractivity contribution is 7.97. The maximum absolute atomic E-state index is 5.76. The van der Waals surface area contributed by atoms with Crippen LogP contribution in [0.4, 0.5) is 0 Å². The van der Waals surface area contributed by atoms with Gasteiger partial charge in [-0.1, -0.05) is 11.6 Å². The normalized spacial score (nSPS) is 10.1. The first kappa shape index (κ1) is 9.10. The summed E-state index contributed by atoms with van der Waals surface area (Å²) < 4.78 is 0. The van der Waals surface area contributed by atoms with Gasteiger partial charge in [0.25, 0.3) is 0 Å². The van der Waals surface area contributed by atoms with Crippen LogP contribution in [-0.2, 0) is 5.75 Å². The van der Waals surface area contributed by atoms with Crippen molar-refractivity contribution in [3.8, 4) is 0 Å². The predicted molar refractivity (Wildman–Crippen MR) is 49.3 cm³/mol. The van der Waals surface area contributed by atoms with Crippen LogP contribution < -0.4 is 0 Å². The fourth-order valence-corrected chi connectivity index (χ4v) is 1.59. The molecule has 0 saturated heterocycles. The first-order valence-electron chi connectivity index (χ1n) is 2.90. The van der Waals surface area contributed by atoms with Crippen LogP contribution in [0.3, 0.4) is 0 Å². The number of thioether (sulfide) groups is 1. The summed E-state index contributed by atoms with van der Waals surface area (Å²) in [7, 11) is 0. The minimum atomic E-state index is 0.194. The smallest absolute Gasteiger partial charge is 0.223 e. The molecule has 2 nitrogen and oxygen atoms in total. The molecule has 0 radical (unpaired) electrons. The number of nitrogens with zero attached hydrogens (tertiary/aromatic N) is 2. The fraction of sp³-hybridized carbons (Fsp3) is 0.333. The Balaban J connectivity index is 2.90. The monoisotopic (exact) mass is 208 g/mol. The number of aromatic nitrogens is 2. The second kappa shape index (κ2) is 4.14. The van der Waals surface area contributed by atoms with E-state index in [1.807, 2.05) is 6.26 Å². The molecule has 1 aromatic rings. The van der Waals surface area contributed by atoms with Crippen LogP contribution >= 0.6 is 35.0 Å². The average Bonchev–Trinajstić information content (AvgIpc) is 1.95. The average molecular weight is 209 g/mol. The zero-order valence-electron chi connectivity index (χ0n) is 5.84. The minimum Gasteiger partial charge on any atom is -0.226 e. The van der Waals surface area contributed by atoms with Crippen molar-refractivity contribution in [3.63, 3.8) is 0 Å². The van der Waals surface area contributed by atoms with Gasteiger partial charge in [0.1, 0.15) is 5.15 Å². The van der Waals surface area contributed by atoms with Gasteiger partial charge >= 0.3 is 0 Å². The molecule has 0 amide bonds. The third kappa shape index (κ3) is 2.51. The third-order valence-electron chi connectivity index (χ3n) is 1.08. The predicted octanol–water partition coefficient (Wildman–Crippen LogP) is 2.65. The summed E-state index contributed by atoms with van der Waals surface area (Å²) in [4.78, 5) is 7.61. The fourth-order valence-electron chi connectivity index (χ4n) is 0.618. The molecular weight excluding hydrogens is 203 g/mol. The van der Waals surface area contributed by atoms with Gasteiger partial charge < -0.3 is 0 Å².